The number of aryl methyl sites for hydroxylation is 1. The fraction of sp³-hybridized carbons (Fsp3) is 0.526. The highest BCUT2D eigenvalue weighted by Crippen LogP contribution is 2.48. The van der Waals surface area contributed by atoms with Crippen LogP contribution >= 0.6 is 11.3 Å². The van der Waals surface area contributed by atoms with Gasteiger partial charge in [0.15, 0.2) is 0 Å². The third-order valence-electron chi connectivity index (χ3n) is 5.80. The van der Waals surface area contributed by atoms with E-state index in [1.54, 1.807) is 0 Å². The van der Waals surface area contributed by atoms with E-state index < -0.39 is 17.8 Å². The number of carbonyl (C=O) groups is 2. The van der Waals surface area contributed by atoms with Crippen LogP contribution in [0, 0.1) is 35.0 Å². The highest BCUT2D eigenvalue weighted by molar-refractivity contribution is 7.16. The van der Waals surface area contributed by atoms with Gasteiger partial charge in [-0.2, -0.15) is 5.26 Å². The largest absolute Gasteiger partial charge is 0.550 e. The van der Waals surface area contributed by atoms with Crippen LogP contribution in [0.4, 0.5) is 5.00 Å². The molecule has 1 aromatic rings. The number of hydrogen-bond donors (Lipinski definition) is 1. The second-order valence-electron chi connectivity index (χ2n) is 7.19. The van der Waals surface area contributed by atoms with Gasteiger partial charge in [0.05, 0.1) is 11.5 Å². The molecule has 2 bridgehead atoms. The lowest BCUT2D eigenvalue weighted by molar-refractivity contribution is -0.313. The van der Waals surface area contributed by atoms with Crippen molar-refractivity contribution < 1.29 is 14.7 Å². The summed E-state index contributed by atoms with van der Waals surface area (Å²) in [7, 11) is 0. The van der Waals surface area contributed by atoms with E-state index in [4.69, 9.17) is 0 Å². The lowest BCUT2D eigenvalue weighted by Crippen LogP contribution is -2.42. The van der Waals surface area contributed by atoms with Crippen LogP contribution in [0.25, 0.3) is 0 Å². The molecule has 4 atom stereocenters. The van der Waals surface area contributed by atoms with Crippen LogP contribution in [0.2, 0.25) is 0 Å². The Morgan fingerprint density at radius 3 is 2.60 bits per heavy atom. The number of rotatable bonds is 3. The summed E-state index contributed by atoms with van der Waals surface area (Å²) in [6, 6.07) is 2.25. The van der Waals surface area contributed by atoms with Crippen LogP contribution in [0.1, 0.15) is 41.7 Å². The van der Waals surface area contributed by atoms with Crippen molar-refractivity contribution in [3.63, 3.8) is 0 Å². The molecule has 1 heterocycles. The number of anilines is 1. The third-order valence-corrected chi connectivity index (χ3v) is 7.01. The highest BCUT2D eigenvalue weighted by atomic mass is 32.1. The number of carboxylic acid groups (broad SMARTS) is 1. The Labute approximate surface area is 150 Å². The number of nitriles is 1. The predicted molar refractivity (Wildman–Crippen MR) is 91.6 cm³/mol. The van der Waals surface area contributed by atoms with E-state index in [1.807, 2.05) is 12.2 Å². The minimum atomic E-state index is -1.15. The predicted octanol–water partition coefficient (Wildman–Crippen LogP) is 2.02. The summed E-state index contributed by atoms with van der Waals surface area (Å²) in [5.41, 5.74) is 1.64. The van der Waals surface area contributed by atoms with Gasteiger partial charge in [-0.15, -0.1) is 11.3 Å². The van der Waals surface area contributed by atoms with Crippen molar-refractivity contribution in [1.82, 2.24) is 0 Å². The molecule has 130 valence electrons. The van der Waals surface area contributed by atoms with Crippen LogP contribution in [0.15, 0.2) is 12.2 Å². The number of carboxylic acids is 1. The van der Waals surface area contributed by atoms with Gasteiger partial charge in [0.25, 0.3) is 0 Å². The Hall–Kier alpha value is -2.13. The van der Waals surface area contributed by atoms with E-state index in [0.717, 1.165) is 31.2 Å². The van der Waals surface area contributed by atoms with Crippen molar-refractivity contribution in [2.45, 2.75) is 38.5 Å². The molecule has 3 aliphatic rings. The molecular weight excluding hydrogens is 336 g/mol. The number of allylic oxidation sites excluding steroid dienone is 2. The molecule has 1 fully saturated rings. The first kappa shape index (κ1) is 16.3. The highest BCUT2D eigenvalue weighted by Gasteiger charge is 2.48. The van der Waals surface area contributed by atoms with Crippen molar-refractivity contribution >= 4 is 28.2 Å². The maximum Gasteiger partial charge on any atom is 0.229 e. The molecule has 25 heavy (non-hydrogen) atoms. The quantitative estimate of drug-likeness (QED) is 0.663. The lowest BCUT2D eigenvalue weighted by Gasteiger charge is -2.27. The van der Waals surface area contributed by atoms with E-state index in [2.05, 4.69) is 11.4 Å². The molecule has 0 spiro atoms. The lowest BCUT2D eigenvalue weighted by atomic mass is 9.82. The number of aliphatic carboxylic acids is 1. The molecule has 5 nitrogen and oxygen atoms in total. The summed E-state index contributed by atoms with van der Waals surface area (Å²) in [5.74, 6) is -2.97. The van der Waals surface area contributed by atoms with E-state index in [1.165, 1.54) is 22.6 Å². The Bertz CT molecular complexity index is 804. The number of carbonyl (C=O) groups excluding carboxylic acids is 2. The monoisotopic (exact) mass is 355 g/mol. The summed E-state index contributed by atoms with van der Waals surface area (Å²) < 4.78 is 0. The number of thiophene rings is 1. The number of nitrogens with zero attached hydrogens (tertiary/aromatic N) is 1. The smallest absolute Gasteiger partial charge is 0.229 e. The molecule has 1 N–H and O–H groups in total. The summed E-state index contributed by atoms with van der Waals surface area (Å²) in [4.78, 5) is 25.5. The fourth-order valence-corrected chi connectivity index (χ4v) is 5.89. The molecule has 4 rings (SSSR count). The molecule has 0 radical (unpaired) electrons. The van der Waals surface area contributed by atoms with Crippen molar-refractivity contribution in [2.75, 3.05) is 5.32 Å². The van der Waals surface area contributed by atoms with Gasteiger partial charge in [-0.25, -0.2) is 0 Å². The summed E-state index contributed by atoms with van der Waals surface area (Å²) in [6.45, 7) is 0. The molecule has 1 amide bonds. The number of amides is 1. The zero-order valence-corrected chi connectivity index (χ0v) is 14.6. The zero-order valence-electron chi connectivity index (χ0n) is 13.8. The normalized spacial score (nSPS) is 29.7. The molecule has 1 aromatic heterocycles. The molecule has 1 saturated carbocycles. The van der Waals surface area contributed by atoms with Gasteiger partial charge in [-0.3, -0.25) is 4.79 Å². The van der Waals surface area contributed by atoms with Crippen LogP contribution < -0.4 is 10.4 Å². The van der Waals surface area contributed by atoms with Gasteiger partial charge in [-0.1, -0.05) is 18.6 Å². The first-order chi connectivity index (χ1) is 12.1. The summed E-state index contributed by atoms with van der Waals surface area (Å²) in [6.07, 6.45) is 9.70. The molecule has 6 heteroatoms. The van der Waals surface area contributed by atoms with Gasteiger partial charge in [0, 0.05) is 16.8 Å². The maximum absolute atomic E-state index is 12.8. The average molecular weight is 355 g/mol. The van der Waals surface area contributed by atoms with Crippen molar-refractivity contribution in [3.8, 4) is 6.07 Å². The molecule has 0 aliphatic heterocycles. The van der Waals surface area contributed by atoms with E-state index >= 15 is 0 Å². The van der Waals surface area contributed by atoms with Gasteiger partial charge in [0.2, 0.25) is 5.91 Å². The molecular formula is C19H19N2O3S-. The second kappa shape index (κ2) is 6.30. The van der Waals surface area contributed by atoms with E-state index in [0.29, 0.717) is 17.0 Å². The Balaban J connectivity index is 1.60. The van der Waals surface area contributed by atoms with Crippen LogP contribution in [-0.2, 0) is 22.4 Å². The summed E-state index contributed by atoms with van der Waals surface area (Å²) >= 11 is 1.48. The second-order valence-corrected chi connectivity index (χ2v) is 8.29. The van der Waals surface area contributed by atoms with E-state index in [9.17, 15) is 20.0 Å². The first-order valence-electron chi connectivity index (χ1n) is 8.85. The Morgan fingerprint density at radius 1 is 1.16 bits per heavy atom. The van der Waals surface area contributed by atoms with Crippen LogP contribution in [-0.4, -0.2) is 11.9 Å². The zero-order chi connectivity index (χ0) is 17.6. The van der Waals surface area contributed by atoms with Gasteiger partial charge >= 0.3 is 0 Å². The van der Waals surface area contributed by atoms with Crippen molar-refractivity contribution in [1.29, 1.82) is 5.26 Å². The fourth-order valence-electron chi connectivity index (χ4n) is 4.65. The van der Waals surface area contributed by atoms with Gasteiger partial charge in [-0.05, 0) is 49.5 Å². The van der Waals surface area contributed by atoms with Crippen LogP contribution in [0.3, 0.4) is 0 Å². The minimum absolute atomic E-state index is 0.0452. The molecule has 0 aromatic carbocycles. The SMILES string of the molecule is N#Cc1c(NC(=O)[C@@H]2[C@@H](C(=O)[O-])[C@H]3C=C[C@@H]2C3)sc2c1CCCCC2. The molecule has 3 aliphatic carbocycles. The average Bonchev–Trinajstić information content (AvgIpc) is 3.23. The third kappa shape index (κ3) is 2.67. The Kier molecular flexibility index (Phi) is 4.12. The number of fused-ring (bicyclic) bond motifs is 3. The standard InChI is InChI=1S/C19H20N2O3S/c20-9-13-12-4-2-1-3-5-14(12)25-18(13)21-17(22)15-10-6-7-11(8-10)16(15)19(23)24/h6-7,10-11,15-16H,1-5,8H2,(H,21,22)(H,23,24)/p-1/t10-,11+,15+,16+/m1/s1. The topological polar surface area (TPSA) is 93.0 Å². The van der Waals surface area contributed by atoms with Crippen LogP contribution in [0.5, 0.6) is 0 Å². The van der Waals surface area contributed by atoms with E-state index in [-0.39, 0.29) is 17.7 Å². The van der Waals surface area contributed by atoms with Crippen molar-refractivity contribution in [2.24, 2.45) is 23.7 Å². The maximum atomic E-state index is 12.8. The van der Waals surface area contributed by atoms with Gasteiger partial charge < -0.3 is 15.2 Å². The van der Waals surface area contributed by atoms with Gasteiger partial charge in [0.1, 0.15) is 11.1 Å². The Morgan fingerprint density at radius 2 is 1.88 bits per heavy atom. The number of nitrogens with one attached hydrogen (secondary N) is 1. The number of hydrogen-bond acceptors (Lipinski definition) is 5. The summed E-state index contributed by atoms with van der Waals surface area (Å²) in [5, 5.41) is 24.5. The molecule has 0 saturated heterocycles. The minimum Gasteiger partial charge on any atom is -0.550 e. The molecule has 0 unspecified atom stereocenters. The van der Waals surface area contributed by atoms with Crippen molar-refractivity contribution in [3.05, 3.63) is 28.2 Å². The first-order valence-corrected chi connectivity index (χ1v) is 9.66.